The van der Waals surface area contributed by atoms with Crippen LogP contribution in [-0.4, -0.2) is 49.8 Å². The molecule has 0 aromatic heterocycles. The number of benzene rings is 2. The Kier molecular flexibility index (Phi) is 7.13. The van der Waals surface area contributed by atoms with Crippen LogP contribution in [0.3, 0.4) is 0 Å². The number of ether oxygens (including phenoxy) is 2. The van der Waals surface area contributed by atoms with Gasteiger partial charge in [0.05, 0.1) is 19.1 Å². The standard InChI is InChI=1S/C21H25F3N2O3/c1-5-26(3)14-25-18-12-19(28-4)17(11-15(18)2)20(27,21(22,23)24)13-29-16-9-7-6-8-10-16/h6-12,14,27H,5,13H2,1-4H3/b25-14+. The van der Waals surface area contributed by atoms with Crippen molar-refractivity contribution in [3.05, 3.63) is 53.6 Å². The second-order valence-electron chi connectivity index (χ2n) is 6.62. The Hall–Kier alpha value is -2.74. The van der Waals surface area contributed by atoms with Gasteiger partial charge in [0.25, 0.3) is 0 Å². The number of aryl methyl sites for hydroxylation is 1. The molecule has 0 aliphatic heterocycles. The number of methoxy groups -OCH3 is 1. The molecule has 0 aliphatic carbocycles. The van der Waals surface area contributed by atoms with Crippen LogP contribution in [-0.2, 0) is 5.60 Å². The molecule has 158 valence electrons. The van der Waals surface area contributed by atoms with Gasteiger partial charge >= 0.3 is 6.18 Å². The summed E-state index contributed by atoms with van der Waals surface area (Å²) in [7, 11) is 3.07. The maximum atomic E-state index is 13.9. The molecule has 0 fully saturated rings. The Bertz CT molecular complexity index is 841. The molecule has 0 saturated heterocycles. The van der Waals surface area contributed by atoms with Gasteiger partial charge in [0.2, 0.25) is 5.60 Å². The lowest BCUT2D eigenvalue weighted by Gasteiger charge is -2.32. The van der Waals surface area contributed by atoms with E-state index in [-0.39, 0.29) is 11.5 Å². The molecule has 0 aliphatic rings. The van der Waals surface area contributed by atoms with Crippen molar-refractivity contribution < 1.29 is 27.8 Å². The highest BCUT2D eigenvalue weighted by Crippen LogP contribution is 2.45. The molecule has 0 radical (unpaired) electrons. The molecule has 2 aromatic carbocycles. The van der Waals surface area contributed by atoms with Crippen LogP contribution >= 0.6 is 0 Å². The second-order valence-corrected chi connectivity index (χ2v) is 6.62. The largest absolute Gasteiger partial charge is 0.496 e. The molecular weight excluding hydrogens is 385 g/mol. The number of hydrogen-bond acceptors (Lipinski definition) is 4. The summed E-state index contributed by atoms with van der Waals surface area (Å²) in [6.45, 7) is 3.27. The van der Waals surface area contributed by atoms with Gasteiger partial charge in [-0.2, -0.15) is 13.2 Å². The predicted octanol–water partition coefficient (Wildman–Crippen LogP) is 4.44. The van der Waals surface area contributed by atoms with Crippen LogP contribution in [0.1, 0.15) is 18.1 Å². The van der Waals surface area contributed by atoms with E-state index in [1.807, 2.05) is 18.9 Å². The van der Waals surface area contributed by atoms with Gasteiger partial charge in [-0.3, -0.25) is 0 Å². The zero-order chi connectivity index (χ0) is 21.7. The van der Waals surface area contributed by atoms with Gasteiger partial charge in [-0.1, -0.05) is 18.2 Å². The molecule has 2 aromatic rings. The monoisotopic (exact) mass is 410 g/mol. The molecule has 0 bridgehead atoms. The van der Waals surface area contributed by atoms with Crippen LogP contribution in [0.25, 0.3) is 0 Å². The molecule has 1 atom stereocenters. The van der Waals surface area contributed by atoms with Crippen molar-refractivity contribution in [3.8, 4) is 11.5 Å². The highest BCUT2D eigenvalue weighted by Gasteiger charge is 2.57. The van der Waals surface area contributed by atoms with Crippen molar-refractivity contribution in [2.45, 2.75) is 25.6 Å². The number of para-hydroxylation sites is 1. The smallest absolute Gasteiger partial charge is 0.425 e. The third-order valence-corrected chi connectivity index (χ3v) is 4.52. The summed E-state index contributed by atoms with van der Waals surface area (Å²) in [5.74, 6) is 0.0908. The van der Waals surface area contributed by atoms with E-state index < -0.39 is 23.9 Å². The van der Waals surface area contributed by atoms with Crippen LogP contribution in [0.2, 0.25) is 0 Å². The van der Waals surface area contributed by atoms with Crippen LogP contribution in [0.4, 0.5) is 18.9 Å². The molecule has 1 unspecified atom stereocenters. The van der Waals surface area contributed by atoms with E-state index >= 15 is 0 Å². The third-order valence-electron chi connectivity index (χ3n) is 4.52. The first-order valence-electron chi connectivity index (χ1n) is 9.03. The van der Waals surface area contributed by atoms with E-state index in [0.717, 1.165) is 6.54 Å². The lowest BCUT2D eigenvalue weighted by Crippen LogP contribution is -2.47. The number of rotatable bonds is 8. The quantitative estimate of drug-likeness (QED) is 0.516. The van der Waals surface area contributed by atoms with Crippen molar-refractivity contribution in [1.82, 2.24) is 4.90 Å². The first-order valence-corrected chi connectivity index (χ1v) is 9.03. The van der Waals surface area contributed by atoms with Crippen LogP contribution in [0.5, 0.6) is 11.5 Å². The van der Waals surface area contributed by atoms with E-state index in [1.54, 1.807) is 31.5 Å². The number of aliphatic imine (C=N–C) groups is 1. The number of alkyl halides is 3. The molecular formula is C21H25F3N2O3. The highest BCUT2D eigenvalue weighted by molar-refractivity contribution is 5.65. The Morgan fingerprint density at radius 2 is 1.83 bits per heavy atom. The van der Waals surface area contributed by atoms with Gasteiger partial charge in [-0.05, 0) is 37.6 Å². The van der Waals surface area contributed by atoms with E-state index in [4.69, 9.17) is 9.47 Å². The zero-order valence-corrected chi connectivity index (χ0v) is 16.8. The zero-order valence-electron chi connectivity index (χ0n) is 16.8. The lowest BCUT2D eigenvalue weighted by atomic mass is 9.91. The molecule has 0 saturated carbocycles. The first kappa shape index (κ1) is 22.5. The van der Waals surface area contributed by atoms with Crippen LogP contribution in [0, 0.1) is 6.92 Å². The van der Waals surface area contributed by atoms with Crippen molar-refractivity contribution in [1.29, 1.82) is 0 Å². The molecule has 0 amide bonds. The van der Waals surface area contributed by atoms with E-state index in [1.165, 1.54) is 31.4 Å². The molecule has 5 nitrogen and oxygen atoms in total. The summed E-state index contributed by atoms with van der Waals surface area (Å²) in [6, 6.07) is 10.6. The van der Waals surface area contributed by atoms with Gasteiger partial charge in [0, 0.05) is 25.2 Å². The van der Waals surface area contributed by atoms with Crippen LogP contribution in [0.15, 0.2) is 47.5 Å². The fourth-order valence-electron chi connectivity index (χ4n) is 2.57. The first-order chi connectivity index (χ1) is 13.6. The van der Waals surface area contributed by atoms with Gasteiger partial charge in [0.15, 0.2) is 0 Å². The fourth-order valence-corrected chi connectivity index (χ4v) is 2.57. The summed E-state index contributed by atoms with van der Waals surface area (Å²) in [4.78, 5) is 6.11. The number of aliphatic hydroxyl groups is 1. The van der Waals surface area contributed by atoms with Gasteiger partial charge in [-0.15, -0.1) is 0 Å². The predicted molar refractivity (Wildman–Crippen MR) is 106 cm³/mol. The summed E-state index contributed by atoms with van der Waals surface area (Å²) < 4.78 is 52.2. The Morgan fingerprint density at radius 3 is 2.38 bits per heavy atom. The normalized spacial score (nSPS) is 13.9. The van der Waals surface area contributed by atoms with Gasteiger partial charge in [0.1, 0.15) is 18.1 Å². The Morgan fingerprint density at radius 1 is 1.17 bits per heavy atom. The van der Waals surface area contributed by atoms with Gasteiger partial charge < -0.3 is 19.5 Å². The Balaban J connectivity index is 2.47. The molecule has 8 heteroatoms. The molecule has 29 heavy (non-hydrogen) atoms. The number of hydrogen-bond donors (Lipinski definition) is 1. The van der Waals surface area contributed by atoms with Crippen molar-refractivity contribution in [3.63, 3.8) is 0 Å². The minimum atomic E-state index is -4.99. The molecule has 1 N–H and O–H groups in total. The maximum absolute atomic E-state index is 13.9. The third kappa shape index (κ3) is 5.20. The van der Waals surface area contributed by atoms with E-state index in [9.17, 15) is 18.3 Å². The number of nitrogens with zero attached hydrogens (tertiary/aromatic N) is 2. The lowest BCUT2D eigenvalue weighted by molar-refractivity contribution is -0.275. The van der Waals surface area contributed by atoms with Crippen molar-refractivity contribution in [2.75, 3.05) is 27.3 Å². The summed E-state index contributed by atoms with van der Waals surface area (Å²) in [5, 5.41) is 10.7. The molecule has 0 heterocycles. The summed E-state index contributed by atoms with van der Waals surface area (Å²) in [5.41, 5.74) is -2.78. The highest BCUT2D eigenvalue weighted by atomic mass is 19.4. The molecule has 2 rings (SSSR count). The van der Waals surface area contributed by atoms with E-state index in [0.29, 0.717) is 11.3 Å². The SMILES string of the molecule is CCN(C)/C=N/c1cc(OC)c(C(O)(COc2ccccc2)C(F)(F)F)cc1C. The summed E-state index contributed by atoms with van der Waals surface area (Å²) >= 11 is 0. The average Bonchev–Trinajstić information content (AvgIpc) is 2.70. The second kappa shape index (κ2) is 9.17. The van der Waals surface area contributed by atoms with Gasteiger partial charge in [-0.25, -0.2) is 4.99 Å². The topological polar surface area (TPSA) is 54.3 Å². The van der Waals surface area contributed by atoms with Crippen molar-refractivity contribution in [2.24, 2.45) is 4.99 Å². The van der Waals surface area contributed by atoms with E-state index in [2.05, 4.69) is 4.99 Å². The minimum Gasteiger partial charge on any atom is -0.496 e. The maximum Gasteiger partial charge on any atom is 0.425 e. The number of halogens is 3. The average molecular weight is 410 g/mol. The summed E-state index contributed by atoms with van der Waals surface area (Å²) in [6.07, 6.45) is -3.41. The van der Waals surface area contributed by atoms with Crippen molar-refractivity contribution >= 4 is 12.0 Å². The Labute approximate surface area is 168 Å². The minimum absolute atomic E-state index is 0.126. The fraction of sp³-hybridized carbons (Fsp3) is 0.381. The van der Waals surface area contributed by atoms with Crippen LogP contribution < -0.4 is 9.47 Å². The molecule has 0 spiro atoms.